The molecule has 6 heteroatoms. The molecule has 3 aromatic rings. The molecule has 5 nitrogen and oxygen atoms in total. The number of carboxylic acid groups (broad SMARTS) is 1. The minimum absolute atomic E-state index is 0.131. The zero-order chi connectivity index (χ0) is 16.6. The summed E-state index contributed by atoms with van der Waals surface area (Å²) in [7, 11) is 1.57. The molecule has 116 valence electrons. The van der Waals surface area contributed by atoms with E-state index in [1.54, 1.807) is 19.2 Å². The third-order valence-electron chi connectivity index (χ3n) is 3.64. The van der Waals surface area contributed by atoms with E-state index in [9.17, 15) is 9.59 Å². The molecule has 0 bridgehead atoms. The molecule has 1 heterocycles. The van der Waals surface area contributed by atoms with Crippen LogP contribution in [-0.2, 0) is 0 Å². The number of fused-ring (bicyclic) bond motifs is 1. The molecule has 3 N–H and O–H groups in total. The fourth-order valence-corrected chi connectivity index (χ4v) is 2.80. The summed E-state index contributed by atoms with van der Waals surface area (Å²) in [5.74, 6) is -1.24. The Morgan fingerprint density at radius 2 is 1.91 bits per heavy atom. The van der Waals surface area contributed by atoms with Crippen LogP contribution in [0.3, 0.4) is 0 Å². The molecule has 0 aliphatic carbocycles. The summed E-state index contributed by atoms with van der Waals surface area (Å²) in [5.41, 5.74) is 2.93. The molecule has 0 saturated carbocycles. The first kappa shape index (κ1) is 15.1. The highest BCUT2D eigenvalue weighted by molar-refractivity contribution is 6.34. The minimum atomic E-state index is -1.03. The van der Waals surface area contributed by atoms with Gasteiger partial charge in [-0.2, -0.15) is 0 Å². The van der Waals surface area contributed by atoms with E-state index in [1.807, 2.05) is 18.2 Å². The van der Waals surface area contributed by atoms with Crippen LogP contribution in [0.25, 0.3) is 22.0 Å². The number of hydrogen-bond donors (Lipinski definition) is 3. The summed E-state index contributed by atoms with van der Waals surface area (Å²) in [5, 5.41) is 12.8. The van der Waals surface area contributed by atoms with Gasteiger partial charge in [0.25, 0.3) is 5.91 Å². The van der Waals surface area contributed by atoms with E-state index in [2.05, 4.69) is 10.3 Å². The van der Waals surface area contributed by atoms with Crippen molar-refractivity contribution in [3.8, 4) is 11.1 Å². The molecule has 2 aromatic carbocycles. The monoisotopic (exact) mass is 328 g/mol. The van der Waals surface area contributed by atoms with E-state index in [0.717, 1.165) is 16.5 Å². The second-order valence-electron chi connectivity index (χ2n) is 5.03. The van der Waals surface area contributed by atoms with Crippen LogP contribution < -0.4 is 5.32 Å². The van der Waals surface area contributed by atoms with Gasteiger partial charge in [-0.25, -0.2) is 4.79 Å². The van der Waals surface area contributed by atoms with E-state index in [4.69, 9.17) is 16.7 Å². The molecule has 0 aliphatic heterocycles. The Morgan fingerprint density at radius 3 is 2.57 bits per heavy atom. The summed E-state index contributed by atoms with van der Waals surface area (Å²) >= 11 is 6.25. The van der Waals surface area contributed by atoms with Gasteiger partial charge in [-0.1, -0.05) is 29.8 Å². The third-order valence-corrected chi connectivity index (χ3v) is 3.95. The lowest BCUT2D eigenvalue weighted by Gasteiger charge is -2.07. The van der Waals surface area contributed by atoms with Crippen LogP contribution in [0, 0.1) is 0 Å². The second kappa shape index (κ2) is 5.78. The maximum absolute atomic E-state index is 11.8. The number of carbonyl (C=O) groups is 2. The fraction of sp³-hybridized carbons (Fsp3) is 0.0588. The van der Waals surface area contributed by atoms with E-state index in [0.29, 0.717) is 16.3 Å². The predicted octanol–water partition coefficient (Wildman–Crippen LogP) is 3.55. The number of amides is 1. The maximum atomic E-state index is 11.8. The molecule has 0 saturated heterocycles. The molecule has 0 atom stereocenters. The molecule has 0 fully saturated rings. The molecule has 0 radical (unpaired) electrons. The van der Waals surface area contributed by atoms with Crippen molar-refractivity contribution in [3.05, 3.63) is 58.7 Å². The highest BCUT2D eigenvalue weighted by atomic mass is 35.5. The van der Waals surface area contributed by atoms with Crippen molar-refractivity contribution >= 4 is 34.4 Å². The van der Waals surface area contributed by atoms with Gasteiger partial charge in [-0.15, -0.1) is 0 Å². The lowest BCUT2D eigenvalue weighted by Crippen LogP contribution is -2.17. The van der Waals surface area contributed by atoms with E-state index < -0.39 is 5.97 Å². The predicted molar refractivity (Wildman–Crippen MR) is 89.1 cm³/mol. The van der Waals surface area contributed by atoms with Gasteiger partial charge in [0.15, 0.2) is 0 Å². The van der Waals surface area contributed by atoms with Crippen LogP contribution in [0.1, 0.15) is 20.8 Å². The number of hydrogen-bond acceptors (Lipinski definition) is 2. The average Bonchev–Trinajstić information content (AvgIpc) is 2.98. The number of rotatable bonds is 3. The number of aromatic amines is 1. The van der Waals surface area contributed by atoms with Gasteiger partial charge in [0, 0.05) is 28.5 Å². The number of carbonyl (C=O) groups excluding carboxylic acids is 1. The van der Waals surface area contributed by atoms with E-state index >= 15 is 0 Å². The number of H-pyrrole nitrogens is 1. The Kier molecular flexibility index (Phi) is 3.80. The quantitative estimate of drug-likeness (QED) is 0.687. The number of aromatic carboxylic acids is 1. The molecule has 1 aromatic heterocycles. The first-order valence-electron chi connectivity index (χ1n) is 6.88. The topological polar surface area (TPSA) is 82.2 Å². The van der Waals surface area contributed by atoms with Gasteiger partial charge in [0.1, 0.15) is 5.69 Å². The standard InChI is InChI=1S/C17H13ClN2O3/c1-19-16(21)15-8-12-10(3-2-4-14(12)20-15)11-6-5-9(17(22)23)7-13(11)18/h2-8,20H,1H3,(H,19,21)(H,22,23). The molecule has 3 rings (SSSR count). The largest absolute Gasteiger partial charge is 0.478 e. The van der Waals surface area contributed by atoms with Crippen LogP contribution in [0.2, 0.25) is 5.02 Å². The summed E-state index contributed by atoms with van der Waals surface area (Å²) in [6.07, 6.45) is 0. The van der Waals surface area contributed by atoms with Crippen molar-refractivity contribution in [2.24, 2.45) is 0 Å². The molecular weight excluding hydrogens is 316 g/mol. The third kappa shape index (κ3) is 2.66. The number of aromatic nitrogens is 1. The highest BCUT2D eigenvalue weighted by Gasteiger charge is 2.14. The molecule has 0 spiro atoms. The number of benzene rings is 2. The minimum Gasteiger partial charge on any atom is -0.478 e. The normalized spacial score (nSPS) is 10.7. The van der Waals surface area contributed by atoms with Crippen LogP contribution in [0.15, 0.2) is 42.5 Å². The maximum Gasteiger partial charge on any atom is 0.335 e. The molecular formula is C17H13ClN2O3. The Hall–Kier alpha value is -2.79. The number of halogens is 1. The number of nitrogens with one attached hydrogen (secondary N) is 2. The fourth-order valence-electron chi connectivity index (χ4n) is 2.51. The van der Waals surface area contributed by atoms with Crippen LogP contribution in [0.5, 0.6) is 0 Å². The summed E-state index contributed by atoms with van der Waals surface area (Å²) in [6.45, 7) is 0. The van der Waals surface area contributed by atoms with Gasteiger partial charge in [-0.05, 0) is 29.8 Å². The van der Waals surface area contributed by atoms with Gasteiger partial charge in [0.05, 0.1) is 5.56 Å². The molecule has 0 unspecified atom stereocenters. The summed E-state index contributed by atoms with van der Waals surface area (Å²) < 4.78 is 0. The lowest BCUT2D eigenvalue weighted by atomic mass is 10.00. The van der Waals surface area contributed by atoms with Crippen molar-refractivity contribution in [3.63, 3.8) is 0 Å². The Labute approximate surface area is 136 Å². The SMILES string of the molecule is CNC(=O)c1cc2c(-c3ccc(C(=O)O)cc3Cl)cccc2[nH]1. The zero-order valence-electron chi connectivity index (χ0n) is 12.2. The summed E-state index contributed by atoms with van der Waals surface area (Å²) in [4.78, 5) is 25.9. The van der Waals surface area contributed by atoms with Gasteiger partial charge in [0.2, 0.25) is 0 Å². The van der Waals surface area contributed by atoms with Crippen molar-refractivity contribution in [2.45, 2.75) is 0 Å². The highest BCUT2D eigenvalue weighted by Crippen LogP contribution is 2.34. The van der Waals surface area contributed by atoms with Crippen molar-refractivity contribution < 1.29 is 14.7 Å². The van der Waals surface area contributed by atoms with Crippen LogP contribution in [0.4, 0.5) is 0 Å². The summed E-state index contributed by atoms with van der Waals surface area (Å²) in [6, 6.07) is 12.0. The lowest BCUT2D eigenvalue weighted by molar-refractivity contribution is 0.0696. The zero-order valence-corrected chi connectivity index (χ0v) is 12.9. The van der Waals surface area contributed by atoms with Gasteiger partial charge >= 0.3 is 5.97 Å². The number of carboxylic acids is 1. The molecule has 23 heavy (non-hydrogen) atoms. The van der Waals surface area contributed by atoms with Crippen LogP contribution >= 0.6 is 11.6 Å². The van der Waals surface area contributed by atoms with Gasteiger partial charge < -0.3 is 15.4 Å². The molecule has 0 aliphatic rings. The van der Waals surface area contributed by atoms with Crippen molar-refractivity contribution in [1.82, 2.24) is 10.3 Å². The molecule has 1 amide bonds. The average molecular weight is 329 g/mol. The Bertz CT molecular complexity index is 931. The van der Waals surface area contributed by atoms with E-state index in [1.165, 1.54) is 12.1 Å². The Morgan fingerprint density at radius 1 is 1.13 bits per heavy atom. The first-order chi connectivity index (χ1) is 11.0. The van der Waals surface area contributed by atoms with Crippen molar-refractivity contribution in [2.75, 3.05) is 7.05 Å². The van der Waals surface area contributed by atoms with Crippen molar-refractivity contribution in [1.29, 1.82) is 0 Å². The van der Waals surface area contributed by atoms with Gasteiger partial charge in [-0.3, -0.25) is 4.79 Å². The first-order valence-corrected chi connectivity index (χ1v) is 7.26. The Balaban J connectivity index is 2.18. The second-order valence-corrected chi connectivity index (χ2v) is 5.44. The van der Waals surface area contributed by atoms with E-state index in [-0.39, 0.29) is 11.5 Å². The van der Waals surface area contributed by atoms with Crippen LogP contribution in [-0.4, -0.2) is 29.0 Å². The smallest absolute Gasteiger partial charge is 0.335 e.